The zero-order valence-electron chi connectivity index (χ0n) is 13.8. The van der Waals surface area contributed by atoms with Gasteiger partial charge in [-0.2, -0.15) is 4.31 Å². The van der Waals surface area contributed by atoms with Crippen LogP contribution in [0.3, 0.4) is 0 Å². The molecule has 0 saturated carbocycles. The highest BCUT2D eigenvalue weighted by molar-refractivity contribution is 7.89. The van der Waals surface area contributed by atoms with Crippen LogP contribution in [0.25, 0.3) is 0 Å². The van der Waals surface area contributed by atoms with Gasteiger partial charge < -0.3 is 5.32 Å². The summed E-state index contributed by atoms with van der Waals surface area (Å²) in [6.45, 7) is 1.90. The summed E-state index contributed by atoms with van der Waals surface area (Å²) in [5.74, 6) is -0.196. The molecule has 2 aromatic carbocycles. The summed E-state index contributed by atoms with van der Waals surface area (Å²) >= 11 is 5.93. The van der Waals surface area contributed by atoms with Gasteiger partial charge in [-0.05, 0) is 54.8 Å². The molecular formula is C18H19ClN2O3S. The van der Waals surface area contributed by atoms with Gasteiger partial charge in [0.25, 0.3) is 0 Å². The first-order valence-corrected chi connectivity index (χ1v) is 9.85. The van der Waals surface area contributed by atoms with E-state index in [0.29, 0.717) is 17.3 Å². The molecular weight excluding hydrogens is 360 g/mol. The quantitative estimate of drug-likeness (QED) is 0.879. The molecule has 5 nitrogen and oxygen atoms in total. The van der Waals surface area contributed by atoms with E-state index in [2.05, 4.69) is 5.32 Å². The summed E-state index contributed by atoms with van der Waals surface area (Å²) in [4.78, 5) is 11.3. The normalized spacial score (nSPS) is 18.2. The lowest BCUT2D eigenvalue weighted by Gasteiger charge is -2.24. The fourth-order valence-electron chi connectivity index (χ4n) is 3.09. The average molecular weight is 379 g/mol. The second-order valence-electron chi connectivity index (χ2n) is 6.03. The van der Waals surface area contributed by atoms with E-state index in [-0.39, 0.29) is 16.8 Å². The Hall–Kier alpha value is -1.89. The lowest BCUT2D eigenvalue weighted by atomic mass is 10.1. The molecule has 0 aliphatic carbocycles. The van der Waals surface area contributed by atoms with Crippen molar-refractivity contribution in [2.75, 3.05) is 11.9 Å². The van der Waals surface area contributed by atoms with E-state index < -0.39 is 10.0 Å². The van der Waals surface area contributed by atoms with Crippen LogP contribution in [0.15, 0.2) is 53.4 Å². The molecule has 1 atom stereocenters. The number of nitrogens with one attached hydrogen (secondary N) is 1. The third-order valence-corrected chi connectivity index (χ3v) is 6.41. The van der Waals surface area contributed by atoms with Gasteiger partial charge in [0.15, 0.2) is 0 Å². The lowest BCUT2D eigenvalue weighted by Crippen LogP contribution is -2.30. The second-order valence-corrected chi connectivity index (χ2v) is 8.36. The summed E-state index contributed by atoms with van der Waals surface area (Å²) in [5.41, 5.74) is 1.52. The first-order chi connectivity index (χ1) is 11.9. The van der Waals surface area contributed by atoms with Crippen LogP contribution < -0.4 is 5.32 Å². The molecule has 1 aliphatic rings. The molecule has 1 N–H and O–H groups in total. The molecule has 1 aliphatic heterocycles. The van der Waals surface area contributed by atoms with Gasteiger partial charge in [-0.15, -0.1) is 0 Å². The summed E-state index contributed by atoms with van der Waals surface area (Å²) in [6, 6.07) is 13.4. The minimum Gasteiger partial charge on any atom is -0.326 e. The number of amides is 1. The fraction of sp³-hybridized carbons (Fsp3) is 0.278. The molecule has 1 unspecified atom stereocenters. The Morgan fingerprint density at radius 1 is 1.12 bits per heavy atom. The van der Waals surface area contributed by atoms with Crippen LogP contribution in [0.5, 0.6) is 0 Å². The summed E-state index contributed by atoms with van der Waals surface area (Å²) < 4.78 is 27.6. The van der Waals surface area contributed by atoms with E-state index in [0.717, 1.165) is 18.4 Å². The Bertz CT molecular complexity index is 864. The predicted octanol–water partition coefficient (Wildman–Crippen LogP) is 3.82. The maximum atomic E-state index is 13.0. The molecule has 0 spiro atoms. The number of rotatable bonds is 4. The lowest BCUT2D eigenvalue weighted by molar-refractivity contribution is -0.114. The van der Waals surface area contributed by atoms with Gasteiger partial charge >= 0.3 is 0 Å². The van der Waals surface area contributed by atoms with Crippen molar-refractivity contribution >= 4 is 33.2 Å². The summed E-state index contributed by atoms with van der Waals surface area (Å²) in [5, 5.41) is 3.26. The highest BCUT2D eigenvalue weighted by Crippen LogP contribution is 2.37. The maximum absolute atomic E-state index is 13.0. The van der Waals surface area contributed by atoms with Crippen molar-refractivity contribution in [2.45, 2.75) is 30.7 Å². The van der Waals surface area contributed by atoms with Crippen LogP contribution in [0.4, 0.5) is 5.69 Å². The number of nitrogens with zero attached hydrogens (tertiary/aromatic N) is 1. The Morgan fingerprint density at radius 3 is 2.36 bits per heavy atom. The van der Waals surface area contributed by atoms with Crippen molar-refractivity contribution in [1.82, 2.24) is 4.31 Å². The number of hydrogen-bond acceptors (Lipinski definition) is 3. The number of sulfonamides is 1. The maximum Gasteiger partial charge on any atom is 0.243 e. The number of benzene rings is 2. The van der Waals surface area contributed by atoms with Crippen molar-refractivity contribution in [3.63, 3.8) is 0 Å². The third-order valence-electron chi connectivity index (χ3n) is 4.24. The first kappa shape index (κ1) is 17.9. The number of halogens is 1. The molecule has 1 saturated heterocycles. The van der Waals surface area contributed by atoms with E-state index in [1.165, 1.54) is 19.1 Å². The van der Waals surface area contributed by atoms with Crippen LogP contribution >= 0.6 is 11.6 Å². The molecule has 0 radical (unpaired) electrons. The van der Waals surface area contributed by atoms with Gasteiger partial charge in [0.2, 0.25) is 15.9 Å². The van der Waals surface area contributed by atoms with Crippen molar-refractivity contribution < 1.29 is 13.2 Å². The number of carbonyl (C=O) groups is 1. The molecule has 7 heteroatoms. The Labute approximate surface area is 152 Å². The molecule has 0 bridgehead atoms. The number of carbonyl (C=O) groups excluding carboxylic acids is 1. The van der Waals surface area contributed by atoms with Crippen LogP contribution in [0.2, 0.25) is 5.02 Å². The Balaban J connectivity index is 1.87. The van der Waals surface area contributed by atoms with E-state index in [1.54, 1.807) is 28.6 Å². The largest absolute Gasteiger partial charge is 0.326 e. The van der Waals surface area contributed by atoms with Crippen LogP contribution in [0.1, 0.15) is 31.4 Å². The molecule has 1 amide bonds. The topological polar surface area (TPSA) is 66.5 Å². The minimum absolute atomic E-state index is 0.183. The van der Waals surface area contributed by atoms with Gasteiger partial charge in [0.05, 0.1) is 10.9 Å². The van der Waals surface area contributed by atoms with Crippen molar-refractivity contribution in [1.29, 1.82) is 0 Å². The SMILES string of the molecule is CC(=O)Nc1ccc(S(=O)(=O)N2CCCC2c2ccc(Cl)cc2)cc1. The van der Waals surface area contributed by atoms with Gasteiger partial charge in [0.1, 0.15) is 0 Å². The van der Waals surface area contributed by atoms with Gasteiger partial charge in [-0.1, -0.05) is 23.7 Å². The standard InChI is InChI=1S/C18H19ClN2O3S/c1-13(22)20-16-8-10-17(11-9-16)25(23,24)21-12-2-3-18(21)14-4-6-15(19)7-5-14/h4-11,18H,2-3,12H2,1H3,(H,20,22). The Morgan fingerprint density at radius 2 is 1.76 bits per heavy atom. The third kappa shape index (κ3) is 3.86. The number of hydrogen-bond donors (Lipinski definition) is 1. The second kappa shape index (κ2) is 7.15. The van der Waals surface area contributed by atoms with Crippen LogP contribution in [0, 0.1) is 0 Å². The summed E-state index contributed by atoms with van der Waals surface area (Å²) in [7, 11) is -3.60. The van der Waals surface area contributed by atoms with E-state index in [4.69, 9.17) is 11.6 Å². The number of anilines is 1. The zero-order valence-corrected chi connectivity index (χ0v) is 15.3. The molecule has 2 aromatic rings. The van der Waals surface area contributed by atoms with Crippen molar-refractivity contribution in [3.05, 3.63) is 59.1 Å². The molecule has 0 aromatic heterocycles. The van der Waals surface area contributed by atoms with E-state index in [9.17, 15) is 13.2 Å². The van der Waals surface area contributed by atoms with Gasteiger partial charge in [0, 0.05) is 24.2 Å². The van der Waals surface area contributed by atoms with Crippen LogP contribution in [-0.2, 0) is 14.8 Å². The monoisotopic (exact) mass is 378 g/mol. The highest BCUT2D eigenvalue weighted by Gasteiger charge is 2.36. The van der Waals surface area contributed by atoms with Gasteiger partial charge in [-0.25, -0.2) is 8.42 Å². The zero-order chi connectivity index (χ0) is 18.0. The average Bonchev–Trinajstić information content (AvgIpc) is 3.06. The molecule has 3 rings (SSSR count). The molecule has 1 heterocycles. The smallest absolute Gasteiger partial charge is 0.243 e. The van der Waals surface area contributed by atoms with Crippen molar-refractivity contribution in [2.24, 2.45) is 0 Å². The molecule has 132 valence electrons. The highest BCUT2D eigenvalue weighted by atomic mass is 35.5. The molecule has 1 fully saturated rings. The minimum atomic E-state index is -3.60. The van der Waals surface area contributed by atoms with E-state index >= 15 is 0 Å². The van der Waals surface area contributed by atoms with E-state index in [1.807, 2.05) is 12.1 Å². The fourth-order valence-corrected chi connectivity index (χ4v) is 4.90. The van der Waals surface area contributed by atoms with Gasteiger partial charge in [-0.3, -0.25) is 4.79 Å². The molecule has 25 heavy (non-hydrogen) atoms. The Kier molecular flexibility index (Phi) is 5.13. The van der Waals surface area contributed by atoms with Crippen LogP contribution in [-0.4, -0.2) is 25.2 Å². The summed E-state index contributed by atoms with van der Waals surface area (Å²) in [6.07, 6.45) is 1.60. The first-order valence-electron chi connectivity index (χ1n) is 8.03. The van der Waals surface area contributed by atoms with Crippen molar-refractivity contribution in [3.8, 4) is 0 Å². The predicted molar refractivity (Wildman–Crippen MR) is 98.1 cm³/mol.